The molecule has 0 spiro atoms. The van der Waals surface area contributed by atoms with Crippen LogP contribution in [0, 0.1) is 0 Å². The first-order valence-corrected chi connectivity index (χ1v) is 8.26. The van der Waals surface area contributed by atoms with Crippen LogP contribution in [0.2, 0.25) is 0 Å². The Bertz CT molecular complexity index is 521. The highest BCUT2D eigenvalue weighted by Crippen LogP contribution is 2.37. The normalized spacial score (nSPS) is 12.9. The van der Waals surface area contributed by atoms with Gasteiger partial charge in [0.15, 0.2) is 0 Å². The lowest BCUT2D eigenvalue weighted by Gasteiger charge is -2.18. The first kappa shape index (κ1) is 14.2. The molecule has 0 aliphatic rings. The van der Waals surface area contributed by atoms with Crippen molar-refractivity contribution in [2.75, 3.05) is 6.54 Å². The van der Waals surface area contributed by atoms with Gasteiger partial charge in [-0.05, 0) is 51.4 Å². The van der Waals surface area contributed by atoms with Crippen molar-refractivity contribution in [3.8, 4) is 0 Å². The van der Waals surface area contributed by atoms with Gasteiger partial charge < -0.3 is 9.88 Å². The van der Waals surface area contributed by atoms with E-state index in [0.29, 0.717) is 0 Å². The fourth-order valence-electron chi connectivity index (χ4n) is 1.94. The van der Waals surface area contributed by atoms with Gasteiger partial charge in [-0.1, -0.05) is 6.92 Å². The summed E-state index contributed by atoms with van der Waals surface area (Å²) in [6.07, 6.45) is 3.88. The monoisotopic (exact) mass is 391 g/mol. The van der Waals surface area contributed by atoms with Gasteiger partial charge in [0.1, 0.15) is 5.82 Å². The van der Waals surface area contributed by atoms with Gasteiger partial charge in [-0.15, -0.1) is 11.3 Å². The predicted molar refractivity (Wildman–Crippen MR) is 83.1 cm³/mol. The Morgan fingerprint density at radius 1 is 1.44 bits per heavy atom. The number of thiophene rings is 1. The van der Waals surface area contributed by atoms with Crippen molar-refractivity contribution in [1.82, 2.24) is 14.9 Å². The summed E-state index contributed by atoms with van der Waals surface area (Å²) in [6.45, 7) is 6.08. The molecule has 0 bridgehead atoms. The van der Waals surface area contributed by atoms with Crippen LogP contribution in [0.4, 0.5) is 0 Å². The average Bonchev–Trinajstić information content (AvgIpc) is 2.92. The Labute approximate surface area is 128 Å². The molecule has 0 aliphatic carbocycles. The van der Waals surface area contributed by atoms with Gasteiger partial charge in [-0.3, -0.25) is 0 Å². The molecule has 0 amide bonds. The molecule has 98 valence electrons. The maximum atomic E-state index is 4.50. The summed E-state index contributed by atoms with van der Waals surface area (Å²) < 4.78 is 4.44. The summed E-state index contributed by atoms with van der Waals surface area (Å²) in [6, 6.07) is 2.28. The number of halogens is 2. The molecule has 0 aromatic carbocycles. The maximum Gasteiger partial charge on any atom is 0.130 e. The van der Waals surface area contributed by atoms with Crippen LogP contribution < -0.4 is 5.32 Å². The third-order valence-electron chi connectivity index (χ3n) is 2.75. The zero-order chi connectivity index (χ0) is 13.1. The topological polar surface area (TPSA) is 29.9 Å². The summed E-state index contributed by atoms with van der Waals surface area (Å²) >= 11 is 8.86. The molecule has 1 unspecified atom stereocenters. The molecule has 0 saturated heterocycles. The number of hydrogen-bond acceptors (Lipinski definition) is 3. The van der Waals surface area contributed by atoms with Crippen LogP contribution in [0.1, 0.15) is 31.3 Å². The van der Waals surface area contributed by atoms with E-state index in [1.54, 1.807) is 11.3 Å². The van der Waals surface area contributed by atoms with Gasteiger partial charge in [0.25, 0.3) is 0 Å². The van der Waals surface area contributed by atoms with Gasteiger partial charge in [0, 0.05) is 24.5 Å². The lowest BCUT2D eigenvalue weighted by atomic mass is 10.1. The van der Waals surface area contributed by atoms with Crippen LogP contribution in [0.15, 0.2) is 26.0 Å². The van der Waals surface area contributed by atoms with Crippen molar-refractivity contribution in [3.63, 3.8) is 0 Å². The number of hydrogen-bond donors (Lipinski definition) is 1. The SMILES string of the molecule is CCNC(c1cc(Br)sc1Br)c1nccn1CC. The zero-order valence-corrected chi connectivity index (χ0v) is 14.3. The van der Waals surface area contributed by atoms with Crippen LogP contribution in [-0.4, -0.2) is 16.1 Å². The van der Waals surface area contributed by atoms with Gasteiger partial charge >= 0.3 is 0 Å². The van der Waals surface area contributed by atoms with E-state index in [9.17, 15) is 0 Å². The third kappa shape index (κ3) is 2.87. The van der Waals surface area contributed by atoms with Crippen molar-refractivity contribution in [2.24, 2.45) is 0 Å². The molecule has 1 atom stereocenters. The molecule has 1 N–H and O–H groups in total. The second-order valence-electron chi connectivity index (χ2n) is 3.84. The lowest BCUT2D eigenvalue weighted by Crippen LogP contribution is -2.25. The van der Waals surface area contributed by atoms with Crippen molar-refractivity contribution < 1.29 is 0 Å². The smallest absolute Gasteiger partial charge is 0.130 e. The van der Waals surface area contributed by atoms with Gasteiger partial charge in [0.2, 0.25) is 0 Å². The Kier molecular flexibility index (Phi) is 5.00. The molecular formula is C12H15Br2N3S. The van der Waals surface area contributed by atoms with Crippen molar-refractivity contribution in [3.05, 3.63) is 37.4 Å². The number of rotatable bonds is 5. The molecule has 3 nitrogen and oxygen atoms in total. The standard InChI is InChI=1S/C12H15Br2N3S/c1-3-15-10(8-7-9(13)18-11(8)14)12-16-5-6-17(12)4-2/h5-7,10,15H,3-4H2,1-2H3. The minimum absolute atomic E-state index is 0.127. The minimum Gasteiger partial charge on any atom is -0.334 e. The molecule has 2 aromatic rings. The second kappa shape index (κ2) is 6.32. The zero-order valence-electron chi connectivity index (χ0n) is 10.3. The molecule has 2 rings (SSSR count). The maximum absolute atomic E-state index is 4.50. The summed E-state index contributed by atoms with van der Waals surface area (Å²) in [7, 11) is 0. The van der Waals surface area contributed by atoms with Crippen LogP contribution in [-0.2, 0) is 6.54 Å². The predicted octanol–water partition coefficient (Wildman–Crippen LogP) is 4.19. The van der Waals surface area contributed by atoms with Crippen molar-refractivity contribution in [1.29, 1.82) is 0 Å². The van der Waals surface area contributed by atoms with E-state index in [-0.39, 0.29) is 6.04 Å². The number of nitrogens with zero attached hydrogens (tertiary/aromatic N) is 2. The Balaban J connectivity index is 2.42. The summed E-state index contributed by atoms with van der Waals surface area (Å²) in [5.74, 6) is 1.06. The van der Waals surface area contributed by atoms with Crippen LogP contribution in [0.3, 0.4) is 0 Å². The fourth-order valence-corrected chi connectivity index (χ4v) is 4.84. The fraction of sp³-hybridized carbons (Fsp3) is 0.417. The van der Waals surface area contributed by atoms with E-state index in [4.69, 9.17) is 0 Å². The van der Waals surface area contributed by atoms with Gasteiger partial charge in [-0.2, -0.15) is 0 Å². The highest BCUT2D eigenvalue weighted by Gasteiger charge is 2.22. The summed E-state index contributed by atoms with van der Waals surface area (Å²) in [4.78, 5) is 4.50. The second-order valence-corrected chi connectivity index (χ2v) is 7.59. The highest BCUT2D eigenvalue weighted by atomic mass is 79.9. The number of nitrogens with one attached hydrogen (secondary N) is 1. The summed E-state index contributed by atoms with van der Waals surface area (Å²) in [5.41, 5.74) is 1.23. The van der Waals surface area contributed by atoms with E-state index in [2.05, 4.69) is 66.6 Å². The van der Waals surface area contributed by atoms with E-state index in [1.807, 2.05) is 12.4 Å². The number of aromatic nitrogens is 2. The summed E-state index contributed by atoms with van der Waals surface area (Å²) in [5, 5.41) is 3.50. The van der Waals surface area contributed by atoms with Crippen LogP contribution in [0.25, 0.3) is 0 Å². The average molecular weight is 393 g/mol. The molecular weight excluding hydrogens is 378 g/mol. The number of imidazole rings is 1. The Morgan fingerprint density at radius 2 is 2.22 bits per heavy atom. The first-order valence-electron chi connectivity index (χ1n) is 5.86. The molecule has 0 saturated carbocycles. The molecule has 2 heterocycles. The van der Waals surface area contributed by atoms with Crippen molar-refractivity contribution in [2.45, 2.75) is 26.4 Å². The molecule has 0 fully saturated rings. The van der Waals surface area contributed by atoms with Crippen molar-refractivity contribution >= 4 is 43.2 Å². The van der Waals surface area contributed by atoms with E-state index in [1.165, 1.54) is 5.56 Å². The quantitative estimate of drug-likeness (QED) is 0.826. The third-order valence-corrected chi connectivity index (χ3v) is 5.13. The van der Waals surface area contributed by atoms with Crippen LogP contribution >= 0.6 is 43.2 Å². The van der Waals surface area contributed by atoms with E-state index < -0.39 is 0 Å². The van der Waals surface area contributed by atoms with E-state index >= 15 is 0 Å². The number of aryl methyl sites for hydroxylation is 1. The molecule has 2 aromatic heterocycles. The minimum atomic E-state index is 0.127. The highest BCUT2D eigenvalue weighted by molar-refractivity contribution is 9.12. The first-order chi connectivity index (χ1) is 8.67. The Morgan fingerprint density at radius 3 is 2.78 bits per heavy atom. The van der Waals surface area contributed by atoms with Gasteiger partial charge in [-0.25, -0.2) is 4.98 Å². The largest absolute Gasteiger partial charge is 0.334 e. The van der Waals surface area contributed by atoms with Gasteiger partial charge in [0.05, 0.1) is 13.6 Å². The molecule has 18 heavy (non-hydrogen) atoms. The Hall–Kier alpha value is -0.170. The molecule has 0 aliphatic heterocycles. The molecule has 0 radical (unpaired) electrons. The van der Waals surface area contributed by atoms with E-state index in [0.717, 1.165) is 26.5 Å². The molecule has 6 heteroatoms. The lowest BCUT2D eigenvalue weighted by molar-refractivity contribution is 0.559. The van der Waals surface area contributed by atoms with Crippen LogP contribution in [0.5, 0.6) is 0 Å².